The predicted octanol–water partition coefficient (Wildman–Crippen LogP) is 3.35. The van der Waals surface area contributed by atoms with Gasteiger partial charge in [0.2, 0.25) is 0 Å². The summed E-state index contributed by atoms with van der Waals surface area (Å²) in [4.78, 5) is 24.1. The molecule has 1 saturated carbocycles. The number of rotatable bonds is 7. The molecule has 2 aliphatic heterocycles. The van der Waals surface area contributed by atoms with Crippen molar-refractivity contribution in [3.05, 3.63) is 47.8 Å². The van der Waals surface area contributed by atoms with E-state index in [4.69, 9.17) is 5.10 Å². The van der Waals surface area contributed by atoms with Crippen LogP contribution in [0.4, 0.5) is 5.69 Å². The Bertz CT molecular complexity index is 1270. The van der Waals surface area contributed by atoms with Crippen LogP contribution in [0.3, 0.4) is 0 Å². The summed E-state index contributed by atoms with van der Waals surface area (Å²) in [5.41, 5.74) is 3.62. The lowest BCUT2D eigenvalue weighted by atomic mass is 9.82. The van der Waals surface area contributed by atoms with Gasteiger partial charge in [0, 0.05) is 44.7 Å². The lowest BCUT2D eigenvalue weighted by Crippen LogP contribution is -2.53. The number of nitrogens with zero attached hydrogens (tertiary/aromatic N) is 6. The molecule has 3 aliphatic rings. The quantitative estimate of drug-likeness (QED) is 0.492. The first-order valence-corrected chi connectivity index (χ1v) is 14.1. The monoisotopic (exact) mass is 518 g/mol. The number of para-hydroxylation sites is 1. The number of β-amino-alcohol motifs (C(OH)–C–C–N with tert-alkyl or cyclic N) is 1. The second kappa shape index (κ2) is 10.6. The van der Waals surface area contributed by atoms with Crippen LogP contribution >= 0.6 is 0 Å². The average molecular weight is 519 g/mol. The minimum absolute atomic E-state index is 0.0673. The Labute approximate surface area is 223 Å². The third-order valence-electron chi connectivity index (χ3n) is 8.61. The molecule has 4 heterocycles. The van der Waals surface area contributed by atoms with E-state index in [1.165, 1.54) is 6.42 Å². The molecule has 1 aromatic carbocycles. The number of aromatic carboxylic acids is 1. The third kappa shape index (κ3) is 4.90. The minimum atomic E-state index is -1.01. The molecule has 3 fully saturated rings. The molecular formula is C29H38N6O3. The molecule has 1 atom stereocenters. The lowest BCUT2D eigenvalue weighted by Gasteiger charge is -2.43. The van der Waals surface area contributed by atoms with E-state index in [-0.39, 0.29) is 11.8 Å². The van der Waals surface area contributed by atoms with Gasteiger partial charge in [0.15, 0.2) is 11.3 Å². The van der Waals surface area contributed by atoms with Gasteiger partial charge in [0.05, 0.1) is 28.6 Å². The van der Waals surface area contributed by atoms with Crippen LogP contribution in [0, 0.1) is 0 Å². The highest BCUT2D eigenvalue weighted by molar-refractivity contribution is 5.98. The Balaban J connectivity index is 1.29. The number of carboxylic acid groups (broad SMARTS) is 1. The molecule has 2 aromatic heterocycles. The summed E-state index contributed by atoms with van der Waals surface area (Å²) in [5.74, 6) is -0.617. The number of likely N-dealkylation sites (tertiary alicyclic amines) is 1. The number of pyridine rings is 1. The number of anilines is 1. The SMILES string of the molecule is CC(O)CN1CCC(N2CCN(c3cc(C(=O)O)nc4c3c(C3CCC3)nn4-c3ccccc3)CC2)CC1. The molecule has 9 heteroatoms. The Kier molecular flexibility index (Phi) is 7.07. The number of piperidine rings is 1. The summed E-state index contributed by atoms with van der Waals surface area (Å²) in [7, 11) is 0. The zero-order chi connectivity index (χ0) is 26.2. The molecule has 2 N–H and O–H groups in total. The van der Waals surface area contributed by atoms with E-state index in [1.807, 2.05) is 41.9 Å². The number of aromatic nitrogens is 3. The zero-order valence-corrected chi connectivity index (χ0v) is 22.2. The fraction of sp³-hybridized carbons (Fsp3) is 0.552. The average Bonchev–Trinajstić information content (AvgIpc) is 3.27. The summed E-state index contributed by atoms with van der Waals surface area (Å²) in [5, 5.41) is 25.7. The van der Waals surface area contributed by atoms with Crippen molar-refractivity contribution in [1.82, 2.24) is 24.6 Å². The van der Waals surface area contributed by atoms with Crippen molar-refractivity contribution in [2.45, 2.75) is 57.1 Å². The molecular weight excluding hydrogens is 480 g/mol. The van der Waals surface area contributed by atoms with Crippen molar-refractivity contribution in [3.8, 4) is 5.69 Å². The fourth-order valence-corrected chi connectivity index (χ4v) is 6.37. The molecule has 0 spiro atoms. The van der Waals surface area contributed by atoms with Gasteiger partial charge in [0.25, 0.3) is 0 Å². The van der Waals surface area contributed by atoms with Crippen LogP contribution in [0.2, 0.25) is 0 Å². The van der Waals surface area contributed by atoms with Gasteiger partial charge >= 0.3 is 5.97 Å². The normalized spacial score (nSPS) is 21.1. The smallest absolute Gasteiger partial charge is 0.354 e. The summed E-state index contributed by atoms with van der Waals surface area (Å²) >= 11 is 0. The minimum Gasteiger partial charge on any atom is -0.477 e. The number of fused-ring (bicyclic) bond motifs is 1. The van der Waals surface area contributed by atoms with E-state index in [9.17, 15) is 15.0 Å². The fourth-order valence-electron chi connectivity index (χ4n) is 6.37. The van der Waals surface area contributed by atoms with E-state index in [0.717, 1.165) is 94.0 Å². The van der Waals surface area contributed by atoms with Gasteiger partial charge in [-0.15, -0.1) is 0 Å². The molecule has 0 radical (unpaired) electrons. The van der Waals surface area contributed by atoms with Crippen LogP contribution in [0.5, 0.6) is 0 Å². The molecule has 6 rings (SSSR count). The first-order chi connectivity index (χ1) is 18.5. The molecule has 3 aromatic rings. The molecule has 1 unspecified atom stereocenters. The standard InChI is InChI=1S/C29H38N6O3/c1-20(36)19-32-12-10-22(11-13-32)33-14-16-34(17-15-33)25-18-24(29(37)38)30-28-26(25)27(21-6-5-7-21)31-35(28)23-8-3-2-4-9-23/h2-4,8-9,18,20-22,36H,5-7,10-17,19H2,1H3,(H,37,38). The molecule has 9 nitrogen and oxygen atoms in total. The van der Waals surface area contributed by atoms with Crippen molar-refractivity contribution < 1.29 is 15.0 Å². The van der Waals surface area contributed by atoms with Gasteiger partial charge in [0.1, 0.15) is 0 Å². The summed E-state index contributed by atoms with van der Waals surface area (Å²) in [6.45, 7) is 8.30. The van der Waals surface area contributed by atoms with Gasteiger partial charge < -0.3 is 20.0 Å². The number of aliphatic hydroxyl groups excluding tert-OH is 1. The van der Waals surface area contributed by atoms with Crippen molar-refractivity contribution >= 4 is 22.7 Å². The second-order valence-electron chi connectivity index (χ2n) is 11.2. The topological polar surface area (TPSA) is 98.0 Å². The van der Waals surface area contributed by atoms with Gasteiger partial charge in [-0.1, -0.05) is 24.6 Å². The van der Waals surface area contributed by atoms with Crippen LogP contribution in [0.25, 0.3) is 16.7 Å². The zero-order valence-electron chi connectivity index (χ0n) is 22.2. The summed E-state index contributed by atoms with van der Waals surface area (Å²) in [6.07, 6.45) is 5.41. The van der Waals surface area contributed by atoms with Crippen LogP contribution in [0.1, 0.15) is 61.1 Å². The highest BCUT2D eigenvalue weighted by Gasteiger charge is 2.32. The first-order valence-electron chi connectivity index (χ1n) is 14.1. The number of carbonyl (C=O) groups is 1. The lowest BCUT2D eigenvalue weighted by molar-refractivity contribution is 0.0689. The van der Waals surface area contributed by atoms with E-state index >= 15 is 0 Å². The Hall–Kier alpha value is -3.01. The molecule has 0 bridgehead atoms. The predicted molar refractivity (Wildman–Crippen MR) is 147 cm³/mol. The van der Waals surface area contributed by atoms with Crippen LogP contribution in [-0.4, -0.2) is 98.7 Å². The van der Waals surface area contributed by atoms with Crippen molar-refractivity contribution in [2.24, 2.45) is 0 Å². The van der Waals surface area contributed by atoms with Crippen molar-refractivity contribution in [3.63, 3.8) is 0 Å². The number of benzene rings is 1. The Morgan fingerprint density at radius 2 is 1.74 bits per heavy atom. The number of aliphatic hydroxyl groups is 1. The third-order valence-corrected chi connectivity index (χ3v) is 8.61. The first kappa shape index (κ1) is 25.3. The van der Waals surface area contributed by atoms with Crippen LogP contribution in [-0.2, 0) is 0 Å². The van der Waals surface area contributed by atoms with Gasteiger partial charge in [-0.2, -0.15) is 5.10 Å². The highest BCUT2D eigenvalue weighted by Crippen LogP contribution is 2.43. The van der Waals surface area contributed by atoms with Gasteiger partial charge in [-0.3, -0.25) is 4.90 Å². The van der Waals surface area contributed by atoms with Crippen molar-refractivity contribution in [2.75, 3.05) is 50.7 Å². The molecule has 202 valence electrons. The maximum absolute atomic E-state index is 12.1. The number of hydrogen-bond donors (Lipinski definition) is 2. The van der Waals surface area contributed by atoms with Crippen molar-refractivity contribution in [1.29, 1.82) is 0 Å². The summed E-state index contributed by atoms with van der Waals surface area (Å²) in [6, 6.07) is 12.3. The molecule has 1 aliphatic carbocycles. The highest BCUT2D eigenvalue weighted by atomic mass is 16.4. The van der Waals surface area contributed by atoms with E-state index in [2.05, 4.69) is 19.7 Å². The maximum Gasteiger partial charge on any atom is 0.354 e. The summed E-state index contributed by atoms with van der Waals surface area (Å²) < 4.78 is 1.84. The van der Waals surface area contributed by atoms with Crippen LogP contribution in [0.15, 0.2) is 36.4 Å². The number of piperazine rings is 1. The van der Waals surface area contributed by atoms with E-state index in [1.54, 1.807) is 6.07 Å². The van der Waals surface area contributed by atoms with Gasteiger partial charge in [-0.25, -0.2) is 14.5 Å². The second-order valence-corrected chi connectivity index (χ2v) is 11.2. The van der Waals surface area contributed by atoms with Gasteiger partial charge in [-0.05, 0) is 63.9 Å². The molecule has 0 amide bonds. The number of carboxylic acids is 1. The Morgan fingerprint density at radius 1 is 1.03 bits per heavy atom. The molecule has 38 heavy (non-hydrogen) atoms. The number of hydrogen-bond acceptors (Lipinski definition) is 7. The Morgan fingerprint density at radius 3 is 2.34 bits per heavy atom. The van der Waals surface area contributed by atoms with E-state index < -0.39 is 5.97 Å². The largest absolute Gasteiger partial charge is 0.477 e. The molecule has 2 saturated heterocycles. The maximum atomic E-state index is 12.1. The van der Waals surface area contributed by atoms with Crippen LogP contribution < -0.4 is 4.90 Å². The van der Waals surface area contributed by atoms with E-state index in [0.29, 0.717) is 17.6 Å².